The zero-order valence-corrected chi connectivity index (χ0v) is 11.5. The van der Waals surface area contributed by atoms with Gasteiger partial charge < -0.3 is 15.3 Å². The van der Waals surface area contributed by atoms with Crippen LogP contribution >= 0.6 is 0 Å². The third-order valence-electron chi connectivity index (χ3n) is 2.94. The number of aromatic nitrogens is 2. The molecule has 0 atom stereocenters. The zero-order valence-electron chi connectivity index (χ0n) is 11.5. The van der Waals surface area contributed by atoms with E-state index in [4.69, 9.17) is 5.11 Å². The van der Waals surface area contributed by atoms with E-state index in [1.54, 1.807) is 37.6 Å². The molecule has 7 nitrogen and oxygen atoms in total. The maximum Gasteiger partial charge on any atom is 0.335 e. The molecular formula is C14H16N4O3. The van der Waals surface area contributed by atoms with Crippen LogP contribution in [0.1, 0.15) is 21.5 Å². The van der Waals surface area contributed by atoms with Gasteiger partial charge in [-0.1, -0.05) is 12.1 Å². The number of carboxylic acid groups (broad SMARTS) is 1. The molecule has 0 saturated carbocycles. The average molecular weight is 288 g/mol. The molecule has 0 aliphatic carbocycles. The highest BCUT2D eigenvalue weighted by molar-refractivity contribution is 5.87. The molecule has 2 aromatic rings. The van der Waals surface area contributed by atoms with E-state index >= 15 is 0 Å². The van der Waals surface area contributed by atoms with Crippen molar-refractivity contribution in [3.63, 3.8) is 0 Å². The van der Waals surface area contributed by atoms with Crippen molar-refractivity contribution in [3.8, 4) is 0 Å². The van der Waals surface area contributed by atoms with Gasteiger partial charge in [-0.3, -0.25) is 5.10 Å². The maximum absolute atomic E-state index is 11.9. The summed E-state index contributed by atoms with van der Waals surface area (Å²) in [5, 5.41) is 18.2. The number of hydrogen-bond donors (Lipinski definition) is 3. The van der Waals surface area contributed by atoms with E-state index in [2.05, 4.69) is 15.5 Å². The molecule has 0 aliphatic rings. The standard InChI is InChI=1S/C14H16N4O3/c1-18(9-11-7-16-17-8-11)14(21)15-6-10-3-2-4-12(5-10)13(19)20/h2-5,7-8H,6,9H2,1H3,(H,15,21)(H,16,17)(H,19,20). The molecule has 0 saturated heterocycles. The summed E-state index contributed by atoms with van der Waals surface area (Å²) in [6.07, 6.45) is 3.38. The number of benzene rings is 1. The Kier molecular flexibility index (Phi) is 4.55. The zero-order chi connectivity index (χ0) is 15.2. The molecule has 7 heteroatoms. The van der Waals surface area contributed by atoms with Crippen molar-refractivity contribution in [2.45, 2.75) is 13.1 Å². The number of aromatic carboxylic acids is 1. The number of carbonyl (C=O) groups is 2. The van der Waals surface area contributed by atoms with Crippen LogP contribution in [-0.4, -0.2) is 39.3 Å². The van der Waals surface area contributed by atoms with Crippen LogP contribution in [-0.2, 0) is 13.1 Å². The van der Waals surface area contributed by atoms with Gasteiger partial charge in [-0.2, -0.15) is 5.10 Å². The van der Waals surface area contributed by atoms with Gasteiger partial charge in [-0.15, -0.1) is 0 Å². The molecular weight excluding hydrogens is 272 g/mol. The number of nitrogens with zero attached hydrogens (tertiary/aromatic N) is 2. The number of carbonyl (C=O) groups excluding carboxylic acids is 1. The molecule has 1 heterocycles. The summed E-state index contributed by atoms with van der Waals surface area (Å²) in [6.45, 7) is 0.715. The van der Waals surface area contributed by atoms with Crippen LogP contribution in [0.5, 0.6) is 0 Å². The van der Waals surface area contributed by atoms with Gasteiger partial charge in [0, 0.05) is 25.4 Å². The molecule has 0 bridgehead atoms. The smallest absolute Gasteiger partial charge is 0.335 e. The van der Waals surface area contributed by atoms with Crippen molar-refractivity contribution in [1.29, 1.82) is 0 Å². The second-order valence-corrected chi connectivity index (χ2v) is 4.63. The number of urea groups is 1. The van der Waals surface area contributed by atoms with Gasteiger partial charge in [0.05, 0.1) is 18.3 Å². The van der Waals surface area contributed by atoms with Crippen molar-refractivity contribution in [2.24, 2.45) is 0 Å². The van der Waals surface area contributed by atoms with Crippen LogP contribution in [0, 0.1) is 0 Å². The number of H-pyrrole nitrogens is 1. The lowest BCUT2D eigenvalue weighted by molar-refractivity contribution is 0.0696. The summed E-state index contributed by atoms with van der Waals surface area (Å²) in [4.78, 5) is 24.3. The van der Waals surface area contributed by atoms with E-state index in [1.165, 1.54) is 11.0 Å². The Morgan fingerprint density at radius 2 is 2.19 bits per heavy atom. The molecule has 1 aromatic heterocycles. The van der Waals surface area contributed by atoms with Crippen molar-refractivity contribution < 1.29 is 14.7 Å². The summed E-state index contributed by atoms with van der Waals surface area (Å²) in [5.41, 5.74) is 1.84. The summed E-state index contributed by atoms with van der Waals surface area (Å²) >= 11 is 0. The van der Waals surface area contributed by atoms with E-state index in [1.807, 2.05) is 0 Å². The van der Waals surface area contributed by atoms with Crippen molar-refractivity contribution in [1.82, 2.24) is 20.4 Å². The molecule has 0 fully saturated rings. The topological polar surface area (TPSA) is 98.3 Å². The quantitative estimate of drug-likeness (QED) is 0.775. The molecule has 110 valence electrons. The normalized spacial score (nSPS) is 10.1. The predicted molar refractivity (Wildman–Crippen MR) is 75.7 cm³/mol. The van der Waals surface area contributed by atoms with Gasteiger partial charge >= 0.3 is 12.0 Å². The number of hydrogen-bond acceptors (Lipinski definition) is 3. The van der Waals surface area contributed by atoms with Crippen LogP contribution < -0.4 is 5.32 Å². The van der Waals surface area contributed by atoms with Crippen molar-refractivity contribution >= 4 is 12.0 Å². The van der Waals surface area contributed by atoms with E-state index in [9.17, 15) is 9.59 Å². The monoisotopic (exact) mass is 288 g/mol. The molecule has 0 radical (unpaired) electrons. The minimum absolute atomic E-state index is 0.202. The Morgan fingerprint density at radius 3 is 2.86 bits per heavy atom. The van der Waals surface area contributed by atoms with E-state index in [0.29, 0.717) is 6.54 Å². The Balaban J connectivity index is 1.88. The second kappa shape index (κ2) is 6.56. The number of rotatable bonds is 5. The van der Waals surface area contributed by atoms with E-state index < -0.39 is 5.97 Å². The molecule has 3 N–H and O–H groups in total. The molecule has 0 aliphatic heterocycles. The van der Waals surface area contributed by atoms with Crippen LogP contribution in [0.25, 0.3) is 0 Å². The fourth-order valence-electron chi connectivity index (χ4n) is 1.84. The Bertz CT molecular complexity index is 625. The first-order valence-corrected chi connectivity index (χ1v) is 6.35. The predicted octanol–water partition coefficient (Wildman–Crippen LogP) is 1.45. The fourth-order valence-corrected chi connectivity index (χ4v) is 1.84. The summed E-state index contributed by atoms with van der Waals surface area (Å²) in [6, 6.07) is 6.23. The highest BCUT2D eigenvalue weighted by Gasteiger charge is 2.10. The number of nitrogens with one attached hydrogen (secondary N) is 2. The minimum atomic E-state index is -0.986. The second-order valence-electron chi connectivity index (χ2n) is 4.63. The molecule has 21 heavy (non-hydrogen) atoms. The van der Waals surface area contributed by atoms with E-state index in [0.717, 1.165) is 11.1 Å². The maximum atomic E-state index is 11.9. The van der Waals surface area contributed by atoms with Gasteiger partial charge in [-0.25, -0.2) is 9.59 Å². The first-order valence-electron chi connectivity index (χ1n) is 6.35. The molecule has 1 aromatic carbocycles. The third-order valence-corrected chi connectivity index (χ3v) is 2.94. The lowest BCUT2D eigenvalue weighted by atomic mass is 10.1. The molecule has 0 spiro atoms. The number of carboxylic acids is 1. The first kappa shape index (κ1) is 14.6. The van der Waals surface area contributed by atoms with E-state index in [-0.39, 0.29) is 18.1 Å². The van der Waals surface area contributed by atoms with Gasteiger partial charge in [0.2, 0.25) is 0 Å². The SMILES string of the molecule is CN(Cc1cn[nH]c1)C(=O)NCc1cccc(C(=O)O)c1. The van der Waals surface area contributed by atoms with Crippen LogP contribution in [0.3, 0.4) is 0 Å². The van der Waals surface area contributed by atoms with Crippen LogP contribution in [0.2, 0.25) is 0 Å². The molecule has 2 rings (SSSR count). The van der Waals surface area contributed by atoms with Gasteiger partial charge in [-0.05, 0) is 17.7 Å². The van der Waals surface area contributed by atoms with Crippen LogP contribution in [0.15, 0.2) is 36.7 Å². The largest absolute Gasteiger partial charge is 0.478 e. The van der Waals surface area contributed by atoms with Gasteiger partial charge in [0.1, 0.15) is 0 Å². The van der Waals surface area contributed by atoms with Crippen LogP contribution in [0.4, 0.5) is 4.79 Å². The summed E-state index contributed by atoms with van der Waals surface area (Å²) in [5.74, 6) is -0.986. The molecule has 0 unspecified atom stereocenters. The van der Waals surface area contributed by atoms with Crippen molar-refractivity contribution in [3.05, 3.63) is 53.3 Å². The molecule has 2 amide bonds. The highest BCUT2D eigenvalue weighted by Crippen LogP contribution is 2.06. The highest BCUT2D eigenvalue weighted by atomic mass is 16.4. The lowest BCUT2D eigenvalue weighted by Crippen LogP contribution is -2.36. The Morgan fingerprint density at radius 1 is 1.38 bits per heavy atom. The van der Waals surface area contributed by atoms with Gasteiger partial charge in [0.15, 0.2) is 0 Å². The summed E-state index contributed by atoms with van der Waals surface area (Å²) < 4.78 is 0. The Hall–Kier alpha value is -2.83. The third kappa shape index (κ3) is 4.07. The first-order chi connectivity index (χ1) is 10.1. The van der Waals surface area contributed by atoms with Gasteiger partial charge in [0.25, 0.3) is 0 Å². The van der Waals surface area contributed by atoms with Crippen molar-refractivity contribution in [2.75, 3.05) is 7.05 Å². The Labute approximate surface area is 121 Å². The summed E-state index contributed by atoms with van der Waals surface area (Å²) in [7, 11) is 1.68. The average Bonchev–Trinajstić information content (AvgIpc) is 2.97. The fraction of sp³-hybridized carbons (Fsp3) is 0.214. The lowest BCUT2D eigenvalue weighted by Gasteiger charge is -2.17. The number of aromatic amines is 1. The number of amides is 2. The minimum Gasteiger partial charge on any atom is -0.478 e.